The van der Waals surface area contributed by atoms with Crippen LogP contribution < -0.4 is 10.2 Å². The predicted molar refractivity (Wildman–Crippen MR) is 95.0 cm³/mol. The fourth-order valence-corrected chi connectivity index (χ4v) is 2.16. The van der Waals surface area contributed by atoms with E-state index in [-0.39, 0.29) is 5.91 Å². The maximum absolute atomic E-state index is 12.0. The van der Waals surface area contributed by atoms with Crippen molar-refractivity contribution in [2.24, 2.45) is 5.92 Å². The van der Waals surface area contributed by atoms with Gasteiger partial charge in [0.05, 0.1) is 5.56 Å². The van der Waals surface area contributed by atoms with Gasteiger partial charge in [0.1, 0.15) is 0 Å². The zero-order valence-corrected chi connectivity index (χ0v) is 14.6. The van der Waals surface area contributed by atoms with Crippen LogP contribution in [0.15, 0.2) is 36.9 Å². The van der Waals surface area contributed by atoms with E-state index in [1.807, 2.05) is 24.1 Å². The molecule has 0 unspecified atom stereocenters. The smallest absolute Gasteiger partial charge is 0.254 e. The van der Waals surface area contributed by atoms with E-state index in [1.54, 1.807) is 24.8 Å². The number of anilines is 1. The second-order valence-electron chi connectivity index (χ2n) is 6.24. The quantitative estimate of drug-likeness (QED) is 0.806. The second kappa shape index (κ2) is 8.96. The Balaban J connectivity index is 1.85. The summed E-state index contributed by atoms with van der Waals surface area (Å²) in [6.07, 6.45) is 8.59. The first-order valence-electron chi connectivity index (χ1n) is 8.26. The standard InChI is InChI=1S/C18H25N5O/c1-14(2)4-10-20-17(24)16-12-21-18(22-13-16)23(3)11-7-15-5-8-19-9-6-15/h5-6,8-9,12-14H,4,7,10-11H2,1-3H3,(H,20,24). The molecule has 0 fully saturated rings. The van der Waals surface area contributed by atoms with E-state index in [2.05, 4.69) is 34.1 Å². The van der Waals surface area contributed by atoms with Gasteiger partial charge in [-0.15, -0.1) is 0 Å². The van der Waals surface area contributed by atoms with E-state index in [4.69, 9.17) is 0 Å². The summed E-state index contributed by atoms with van der Waals surface area (Å²) in [6, 6.07) is 4.00. The number of amides is 1. The summed E-state index contributed by atoms with van der Waals surface area (Å²) in [5.41, 5.74) is 1.71. The lowest BCUT2D eigenvalue weighted by atomic mass is 10.1. The van der Waals surface area contributed by atoms with Gasteiger partial charge in [0.25, 0.3) is 5.91 Å². The first kappa shape index (κ1) is 17.8. The molecule has 128 valence electrons. The molecule has 1 amide bonds. The molecule has 24 heavy (non-hydrogen) atoms. The third-order valence-electron chi connectivity index (χ3n) is 3.73. The van der Waals surface area contributed by atoms with Gasteiger partial charge < -0.3 is 10.2 Å². The number of nitrogens with zero attached hydrogens (tertiary/aromatic N) is 4. The van der Waals surface area contributed by atoms with E-state index >= 15 is 0 Å². The minimum Gasteiger partial charge on any atom is -0.352 e. The first-order valence-corrected chi connectivity index (χ1v) is 8.26. The number of likely N-dealkylation sites (N-methyl/N-ethyl adjacent to an activating group) is 1. The van der Waals surface area contributed by atoms with Crippen molar-refractivity contribution in [3.63, 3.8) is 0 Å². The maximum Gasteiger partial charge on any atom is 0.254 e. The van der Waals surface area contributed by atoms with E-state index < -0.39 is 0 Å². The zero-order valence-electron chi connectivity index (χ0n) is 14.6. The van der Waals surface area contributed by atoms with Crippen molar-refractivity contribution in [3.8, 4) is 0 Å². The zero-order chi connectivity index (χ0) is 17.4. The molecule has 6 nitrogen and oxygen atoms in total. The van der Waals surface area contributed by atoms with Gasteiger partial charge >= 0.3 is 0 Å². The Bertz CT molecular complexity index is 628. The highest BCUT2D eigenvalue weighted by molar-refractivity contribution is 5.93. The third kappa shape index (κ3) is 5.61. The highest BCUT2D eigenvalue weighted by Gasteiger charge is 2.09. The van der Waals surface area contributed by atoms with E-state index in [0.717, 1.165) is 19.4 Å². The van der Waals surface area contributed by atoms with Crippen LogP contribution >= 0.6 is 0 Å². The number of hydrogen-bond acceptors (Lipinski definition) is 5. The summed E-state index contributed by atoms with van der Waals surface area (Å²) >= 11 is 0. The molecule has 0 bridgehead atoms. The average molecular weight is 327 g/mol. The lowest BCUT2D eigenvalue weighted by Gasteiger charge is -2.17. The van der Waals surface area contributed by atoms with Gasteiger partial charge in [-0.2, -0.15) is 0 Å². The van der Waals surface area contributed by atoms with Crippen molar-refractivity contribution in [2.75, 3.05) is 25.0 Å². The van der Waals surface area contributed by atoms with Crippen molar-refractivity contribution >= 4 is 11.9 Å². The van der Waals surface area contributed by atoms with Gasteiger partial charge in [0, 0.05) is 44.9 Å². The van der Waals surface area contributed by atoms with Crippen LogP contribution in [0.2, 0.25) is 0 Å². The molecule has 0 radical (unpaired) electrons. The monoisotopic (exact) mass is 327 g/mol. The number of hydrogen-bond donors (Lipinski definition) is 1. The van der Waals surface area contributed by atoms with Gasteiger partial charge in [-0.25, -0.2) is 9.97 Å². The topological polar surface area (TPSA) is 71.0 Å². The Morgan fingerprint density at radius 3 is 2.50 bits per heavy atom. The van der Waals surface area contributed by atoms with Gasteiger partial charge in [-0.05, 0) is 36.5 Å². The Morgan fingerprint density at radius 1 is 1.21 bits per heavy atom. The fourth-order valence-electron chi connectivity index (χ4n) is 2.16. The maximum atomic E-state index is 12.0. The van der Waals surface area contributed by atoms with Gasteiger partial charge in [-0.3, -0.25) is 9.78 Å². The summed E-state index contributed by atoms with van der Waals surface area (Å²) in [4.78, 5) is 26.6. The average Bonchev–Trinajstić information content (AvgIpc) is 2.60. The third-order valence-corrected chi connectivity index (χ3v) is 3.73. The molecule has 2 aromatic heterocycles. The lowest BCUT2D eigenvalue weighted by molar-refractivity contribution is 0.0951. The van der Waals surface area contributed by atoms with Crippen LogP contribution in [-0.4, -0.2) is 41.0 Å². The first-order chi connectivity index (χ1) is 11.6. The molecular formula is C18H25N5O. The Labute approximate surface area is 143 Å². The fraction of sp³-hybridized carbons (Fsp3) is 0.444. The molecule has 0 spiro atoms. The van der Waals surface area contributed by atoms with Gasteiger partial charge in [-0.1, -0.05) is 13.8 Å². The summed E-state index contributed by atoms with van der Waals surface area (Å²) in [7, 11) is 1.94. The van der Waals surface area contributed by atoms with Crippen LogP contribution in [0.25, 0.3) is 0 Å². The Kier molecular flexibility index (Phi) is 6.66. The molecule has 1 N–H and O–H groups in total. The number of rotatable bonds is 8. The molecule has 2 heterocycles. The molecule has 0 saturated carbocycles. The van der Waals surface area contributed by atoms with E-state index in [9.17, 15) is 4.79 Å². The summed E-state index contributed by atoms with van der Waals surface area (Å²) in [5, 5.41) is 2.89. The second-order valence-corrected chi connectivity index (χ2v) is 6.24. The molecule has 2 aromatic rings. The Hall–Kier alpha value is -2.50. The predicted octanol–water partition coefficient (Wildman–Crippen LogP) is 2.33. The number of pyridine rings is 1. The van der Waals surface area contributed by atoms with Crippen LogP contribution in [0.1, 0.15) is 36.2 Å². The summed E-state index contributed by atoms with van der Waals surface area (Å²) in [5.74, 6) is 1.06. The van der Waals surface area contributed by atoms with Crippen LogP contribution in [0.5, 0.6) is 0 Å². The number of carbonyl (C=O) groups is 1. The van der Waals surface area contributed by atoms with Gasteiger partial charge in [0.2, 0.25) is 5.95 Å². The number of carbonyl (C=O) groups excluding carboxylic acids is 1. The van der Waals surface area contributed by atoms with Crippen molar-refractivity contribution < 1.29 is 4.79 Å². The minimum atomic E-state index is -0.123. The van der Waals surface area contributed by atoms with E-state index in [0.29, 0.717) is 24.0 Å². The lowest BCUT2D eigenvalue weighted by Crippen LogP contribution is -2.26. The normalized spacial score (nSPS) is 10.7. The highest BCUT2D eigenvalue weighted by atomic mass is 16.1. The largest absolute Gasteiger partial charge is 0.352 e. The van der Waals surface area contributed by atoms with Crippen molar-refractivity contribution in [2.45, 2.75) is 26.7 Å². The molecule has 0 aliphatic heterocycles. The van der Waals surface area contributed by atoms with Crippen LogP contribution in [0, 0.1) is 5.92 Å². The molecule has 2 rings (SSSR count). The number of aromatic nitrogens is 3. The minimum absolute atomic E-state index is 0.123. The molecule has 0 atom stereocenters. The van der Waals surface area contributed by atoms with Crippen molar-refractivity contribution in [1.29, 1.82) is 0 Å². The Morgan fingerprint density at radius 2 is 1.88 bits per heavy atom. The van der Waals surface area contributed by atoms with Gasteiger partial charge in [0.15, 0.2) is 0 Å². The van der Waals surface area contributed by atoms with Crippen LogP contribution in [-0.2, 0) is 6.42 Å². The molecule has 0 aliphatic rings. The SMILES string of the molecule is CC(C)CCNC(=O)c1cnc(N(C)CCc2ccncc2)nc1. The van der Waals surface area contributed by atoms with E-state index in [1.165, 1.54) is 5.56 Å². The number of nitrogens with one attached hydrogen (secondary N) is 1. The van der Waals surface area contributed by atoms with Crippen LogP contribution in [0.3, 0.4) is 0 Å². The van der Waals surface area contributed by atoms with Crippen molar-refractivity contribution in [1.82, 2.24) is 20.3 Å². The molecule has 6 heteroatoms. The summed E-state index contributed by atoms with van der Waals surface area (Å²) in [6.45, 7) is 5.73. The summed E-state index contributed by atoms with van der Waals surface area (Å²) < 4.78 is 0. The molecule has 0 aromatic carbocycles. The van der Waals surface area contributed by atoms with Crippen LogP contribution in [0.4, 0.5) is 5.95 Å². The highest BCUT2D eigenvalue weighted by Crippen LogP contribution is 2.07. The van der Waals surface area contributed by atoms with Crippen molar-refractivity contribution in [3.05, 3.63) is 48.0 Å². The molecule has 0 saturated heterocycles. The molecular weight excluding hydrogens is 302 g/mol. The molecule has 0 aliphatic carbocycles.